The third-order valence-corrected chi connectivity index (χ3v) is 4.05. The highest BCUT2D eigenvalue weighted by Crippen LogP contribution is 2.13. The molecule has 9 heteroatoms. The van der Waals surface area contributed by atoms with E-state index in [0.717, 1.165) is 6.26 Å². The van der Waals surface area contributed by atoms with Crippen molar-refractivity contribution in [2.45, 2.75) is 20.3 Å². The molecule has 1 aromatic rings. The van der Waals surface area contributed by atoms with Gasteiger partial charge in [-0.3, -0.25) is 14.5 Å². The molecule has 8 nitrogen and oxygen atoms in total. The van der Waals surface area contributed by atoms with Crippen molar-refractivity contribution in [3.8, 4) is 0 Å². The van der Waals surface area contributed by atoms with Crippen molar-refractivity contribution < 1.29 is 18.0 Å². The van der Waals surface area contributed by atoms with Crippen LogP contribution in [0.1, 0.15) is 20.3 Å². The van der Waals surface area contributed by atoms with Gasteiger partial charge in [0.05, 0.1) is 12.8 Å². The van der Waals surface area contributed by atoms with E-state index in [0.29, 0.717) is 37.4 Å². The van der Waals surface area contributed by atoms with Crippen LogP contribution in [0.15, 0.2) is 24.3 Å². The van der Waals surface area contributed by atoms with Crippen molar-refractivity contribution in [1.82, 2.24) is 9.62 Å². The lowest BCUT2D eigenvalue weighted by Gasteiger charge is -2.19. The minimum atomic E-state index is -3.18. The number of carbonyl (C=O) groups is 2. The minimum Gasteiger partial charge on any atom is -0.326 e. The second kappa shape index (κ2) is 10.1. The van der Waals surface area contributed by atoms with Gasteiger partial charge in [0.2, 0.25) is 21.8 Å². The zero-order valence-electron chi connectivity index (χ0n) is 14.8. The Balaban J connectivity index is 2.41. The van der Waals surface area contributed by atoms with Gasteiger partial charge in [0.1, 0.15) is 0 Å². The van der Waals surface area contributed by atoms with E-state index in [1.54, 1.807) is 24.3 Å². The van der Waals surface area contributed by atoms with E-state index < -0.39 is 10.0 Å². The van der Waals surface area contributed by atoms with Gasteiger partial charge in [0.15, 0.2) is 0 Å². The molecule has 0 atom stereocenters. The Kier molecular flexibility index (Phi) is 8.53. The number of hydrogen-bond donors (Lipinski definition) is 3. The first-order valence-corrected chi connectivity index (χ1v) is 9.93. The summed E-state index contributed by atoms with van der Waals surface area (Å²) in [6.45, 7) is 5.26. The zero-order valence-corrected chi connectivity index (χ0v) is 15.6. The van der Waals surface area contributed by atoms with Gasteiger partial charge in [0.25, 0.3) is 0 Å². The van der Waals surface area contributed by atoms with Crippen molar-refractivity contribution in [2.24, 2.45) is 0 Å². The predicted molar refractivity (Wildman–Crippen MR) is 99.0 cm³/mol. The van der Waals surface area contributed by atoms with E-state index in [9.17, 15) is 18.0 Å². The molecule has 140 valence electrons. The van der Waals surface area contributed by atoms with Crippen LogP contribution in [0.2, 0.25) is 0 Å². The average Bonchev–Trinajstić information content (AvgIpc) is 2.50. The largest absolute Gasteiger partial charge is 0.326 e. The van der Waals surface area contributed by atoms with Crippen LogP contribution in [0.3, 0.4) is 0 Å². The van der Waals surface area contributed by atoms with Crippen LogP contribution in [0, 0.1) is 0 Å². The Labute approximate surface area is 149 Å². The van der Waals surface area contributed by atoms with Crippen LogP contribution in [-0.2, 0) is 19.6 Å². The van der Waals surface area contributed by atoms with E-state index >= 15 is 0 Å². The fraction of sp³-hybridized carbons (Fsp3) is 0.500. The molecule has 3 N–H and O–H groups in total. The number of nitrogens with one attached hydrogen (secondary N) is 3. The number of likely N-dealkylation sites (N-methyl/N-ethyl adjacent to an activating group) is 1. The molecule has 1 aromatic carbocycles. The third-order valence-electron chi connectivity index (χ3n) is 3.32. The van der Waals surface area contributed by atoms with Crippen LogP contribution in [0.4, 0.5) is 11.4 Å². The molecular formula is C16H26N4O4S. The number of sulfonamides is 1. The maximum atomic E-state index is 12.1. The molecule has 0 saturated heterocycles. The second-order valence-corrected chi connectivity index (χ2v) is 7.53. The number of nitrogens with zero attached hydrogens (tertiary/aromatic N) is 1. The number of rotatable bonds is 10. The molecule has 0 saturated carbocycles. The fourth-order valence-electron chi connectivity index (χ4n) is 2.15. The molecule has 0 fully saturated rings. The molecule has 0 aliphatic heterocycles. The quantitative estimate of drug-likeness (QED) is 0.529. The molecule has 0 bridgehead atoms. The third kappa shape index (κ3) is 9.80. The summed E-state index contributed by atoms with van der Waals surface area (Å²) in [6, 6.07) is 6.86. The van der Waals surface area contributed by atoms with Crippen molar-refractivity contribution >= 4 is 33.2 Å². The van der Waals surface area contributed by atoms with Crippen molar-refractivity contribution in [3.63, 3.8) is 0 Å². The Morgan fingerprint density at radius 1 is 1.08 bits per heavy atom. The van der Waals surface area contributed by atoms with Gasteiger partial charge in [-0.2, -0.15) is 0 Å². The van der Waals surface area contributed by atoms with Gasteiger partial charge >= 0.3 is 0 Å². The molecular weight excluding hydrogens is 344 g/mol. The molecule has 2 amide bonds. The van der Waals surface area contributed by atoms with Crippen LogP contribution in [0.5, 0.6) is 0 Å². The monoisotopic (exact) mass is 370 g/mol. The molecule has 0 unspecified atom stereocenters. The zero-order chi connectivity index (χ0) is 18.9. The summed E-state index contributed by atoms with van der Waals surface area (Å²) in [5.41, 5.74) is 1.31. The van der Waals surface area contributed by atoms with Gasteiger partial charge in [-0.25, -0.2) is 13.1 Å². The summed E-state index contributed by atoms with van der Waals surface area (Å²) < 4.78 is 24.4. The normalized spacial score (nSPS) is 11.4. The van der Waals surface area contributed by atoms with Gasteiger partial charge in [-0.1, -0.05) is 6.92 Å². The number of benzene rings is 1. The van der Waals surface area contributed by atoms with Crippen molar-refractivity contribution in [2.75, 3.05) is 43.1 Å². The van der Waals surface area contributed by atoms with Gasteiger partial charge in [-0.15, -0.1) is 0 Å². The standard InChI is InChI=1S/C16H26N4O4S/c1-4-20(11-5-10-17-25(3,23)24)12-16(22)19-15-8-6-14(7-9-15)18-13(2)21/h6-9,17H,4-5,10-12H2,1-3H3,(H,18,21)(H,19,22). The van der Waals surface area contributed by atoms with Crippen molar-refractivity contribution in [1.29, 1.82) is 0 Å². The first-order chi connectivity index (χ1) is 11.7. The maximum Gasteiger partial charge on any atom is 0.238 e. The van der Waals surface area contributed by atoms with Crippen LogP contribution >= 0.6 is 0 Å². The van der Waals surface area contributed by atoms with Gasteiger partial charge in [0, 0.05) is 24.8 Å². The molecule has 0 radical (unpaired) electrons. The highest BCUT2D eigenvalue weighted by molar-refractivity contribution is 7.88. The summed E-state index contributed by atoms with van der Waals surface area (Å²) in [7, 11) is -3.18. The highest BCUT2D eigenvalue weighted by atomic mass is 32.2. The molecule has 1 rings (SSSR count). The molecule has 0 aliphatic rings. The first kappa shape index (κ1) is 21.1. The predicted octanol–water partition coefficient (Wildman–Crippen LogP) is 0.845. The highest BCUT2D eigenvalue weighted by Gasteiger charge is 2.10. The topological polar surface area (TPSA) is 108 Å². The van der Waals surface area contributed by atoms with Gasteiger partial charge < -0.3 is 10.6 Å². The Bertz CT molecular complexity index is 674. The van der Waals surface area contributed by atoms with Gasteiger partial charge in [-0.05, 0) is 43.8 Å². The smallest absolute Gasteiger partial charge is 0.238 e. The number of anilines is 2. The SMILES string of the molecule is CCN(CCCNS(C)(=O)=O)CC(=O)Nc1ccc(NC(C)=O)cc1. The van der Waals surface area contributed by atoms with E-state index in [1.807, 2.05) is 11.8 Å². The van der Waals surface area contributed by atoms with E-state index in [2.05, 4.69) is 15.4 Å². The summed E-state index contributed by atoms with van der Waals surface area (Å²) in [5, 5.41) is 5.45. The van der Waals surface area contributed by atoms with E-state index in [4.69, 9.17) is 0 Å². The number of carbonyl (C=O) groups excluding carboxylic acids is 2. The molecule has 0 aliphatic carbocycles. The molecule has 0 aromatic heterocycles. The Hall–Kier alpha value is -1.97. The lowest BCUT2D eigenvalue weighted by atomic mass is 10.2. The summed E-state index contributed by atoms with van der Waals surface area (Å²) in [6.07, 6.45) is 1.74. The van der Waals surface area contributed by atoms with E-state index in [1.165, 1.54) is 6.92 Å². The minimum absolute atomic E-state index is 0.148. The van der Waals surface area contributed by atoms with Crippen LogP contribution in [-0.4, -0.2) is 57.6 Å². The van der Waals surface area contributed by atoms with Crippen LogP contribution in [0.25, 0.3) is 0 Å². The number of hydrogen-bond acceptors (Lipinski definition) is 5. The number of amides is 2. The summed E-state index contributed by atoms with van der Waals surface area (Å²) in [4.78, 5) is 25.0. The lowest BCUT2D eigenvalue weighted by molar-refractivity contribution is -0.117. The maximum absolute atomic E-state index is 12.1. The molecule has 0 spiro atoms. The average molecular weight is 370 g/mol. The summed E-state index contributed by atoms with van der Waals surface area (Å²) in [5.74, 6) is -0.300. The van der Waals surface area contributed by atoms with Crippen molar-refractivity contribution in [3.05, 3.63) is 24.3 Å². The van der Waals surface area contributed by atoms with Crippen LogP contribution < -0.4 is 15.4 Å². The fourth-order valence-corrected chi connectivity index (χ4v) is 2.67. The Morgan fingerprint density at radius 3 is 2.12 bits per heavy atom. The Morgan fingerprint density at radius 2 is 1.64 bits per heavy atom. The first-order valence-electron chi connectivity index (χ1n) is 8.04. The molecule has 25 heavy (non-hydrogen) atoms. The molecule has 0 heterocycles. The summed E-state index contributed by atoms with van der Waals surface area (Å²) >= 11 is 0. The van der Waals surface area contributed by atoms with E-state index in [-0.39, 0.29) is 18.4 Å². The second-order valence-electron chi connectivity index (χ2n) is 5.70. The lowest BCUT2D eigenvalue weighted by Crippen LogP contribution is -2.35.